The number of thiophene rings is 1. The predicted octanol–water partition coefficient (Wildman–Crippen LogP) is 4.92. The normalized spacial score (nSPS) is 12.0. The third kappa shape index (κ3) is 4.62. The Morgan fingerprint density at radius 2 is 1.90 bits per heavy atom. The van der Waals surface area contributed by atoms with Gasteiger partial charge in [0.2, 0.25) is 5.91 Å². The molecule has 1 amide bonds. The Kier molecular flexibility index (Phi) is 6.06. The molecule has 4 rings (SSSR count). The number of hydrogen-bond acceptors (Lipinski definition) is 6. The summed E-state index contributed by atoms with van der Waals surface area (Å²) < 4.78 is 18.3. The van der Waals surface area contributed by atoms with Crippen molar-refractivity contribution in [3.05, 3.63) is 70.1 Å². The van der Waals surface area contributed by atoms with E-state index in [9.17, 15) is 14.0 Å². The maximum absolute atomic E-state index is 13.2. The van der Waals surface area contributed by atoms with E-state index in [4.69, 9.17) is 4.74 Å². The van der Waals surface area contributed by atoms with Gasteiger partial charge in [0.05, 0.1) is 17.7 Å². The van der Waals surface area contributed by atoms with Crippen molar-refractivity contribution in [2.75, 3.05) is 12.4 Å². The number of benzene rings is 2. The molecule has 0 fully saturated rings. The van der Waals surface area contributed by atoms with E-state index in [0.29, 0.717) is 32.4 Å². The van der Waals surface area contributed by atoms with Gasteiger partial charge in [0.15, 0.2) is 5.16 Å². The molecule has 9 heteroatoms. The van der Waals surface area contributed by atoms with Crippen molar-refractivity contribution in [3.8, 4) is 16.9 Å². The van der Waals surface area contributed by atoms with Gasteiger partial charge in [0.1, 0.15) is 16.4 Å². The van der Waals surface area contributed by atoms with Crippen molar-refractivity contribution in [3.63, 3.8) is 0 Å². The summed E-state index contributed by atoms with van der Waals surface area (Å²) in [5, 5.41) is 4.99. The number of thioether (sulfide) groups is 1. The highest BCUT2D eigenvalue weighted by Gasteiger charge is 2.18. The van der Waals surface area contributed by atoms with E-state index in [1.54, 1.807) is 50.4 Å². The topological polar surface area (TPSA) is 84.1 Å². The number of anilines is 1. The standard InChI is InChI=1S/C22H18FN3O3S2/c1-12(19(27)24-15-7-9-16(29-2)10-8-15)31-22-25-20(28)18-17(11-30-21(18)26-22)13-3-5-14(23)6-4-13/h3-12H,1-2H3,(H,24,27)(H,25,26,28). The number of halogens is 1. The lowest BCUT2D eigenvalue weighted by atomic mass is 10.1. The molecular weight excluding hydrogens is 437 g/mol. The van der Waals surface area contributed by atoms with E-state index >= 15 is 0 Å². The quantitative estimate of drug-likeness (QED) is 0.319. The van der Waals surface area contributed by atoms with E-state index in [0.717, 1.165) is 5.56 Å². The van der Waals surface area contributed by atoms with E-state index in [2.05, 4.69) is 15.3 Å². The molecule has 158 valence electrons. The smallest absolute Gasteiger partial charge is 0.260 e. The van der Waals surface area contributed by atoms with Gasteiger partial charge in [-0.3, -0.25) is 9.59 Å². The Balaban J connectivity index is 1.52. The van der Waals surface area contributed by atoms with E-state index in [-0.39, 0.29) is 17.3 Å². The zero-order valence-electron chi connectivity index (χ0n) is 16.6. The van der Waals surface area contributed by atoms with Gasteiger partial charge in [0, 0.05) is 16.6 Å². The number of H-pyrrole nitrogens is 1. The van der Waals surface area contributed by atoms with Gasteiger partial charge in [0.25, 0.3) is 5.56 Å². The number of aromatic amines is 1. The van der Waals surface area contributed by atoms with Crippen LogP contribution in [0.5, 0.6) is 5.75 Å². The van der Waals surface area contributed by atoms with Crippen LogP contribution in [-0.4, -0.2) is 28.2 Å². The number of carbonyl (C=O) groups excluding carboxylic acids is 1. The van der Waals surface area contributed by atoms with Gasteiger partial charge >= 0.3 is 0 Å². The van der Waals surface area contributed by atoms with Crippen molar-refractivity contribution < 1.29 is 13.9 Å². The first-order valence-corrected chi connectivity index (χ1v) is 11.1. The number of nitrogens with zero attached hydrogens (tertiary/aromatic N) is 1. The Labute approximate surface area is 185 Å². The molecule has 0 saturated carbocycles. The lowest BCUT2D eigenvalue weighted by Gasteiger charge is -2.12. The number of methoxy groups -OCH3 is 1. The molecule has 2 heterocycles. The monoisotopic (exact) mass is 455 g/mol. The van der Waals surface area contributed by atoms with E-state index < -0.39 is 5.25 Å². The highest BCUT2D eigenvalue weighted by atomic mass is 32.2. The Bertz CT molecular complexity index is 1280. The average molecular weight is 456 g/mol. The van der Waals surface area contributed by atoms with Crippen LogP contribution in [0.3, 0.4) is 0 Å². The minimum Gasteiger partial charge on any atom is -0.497 e. The van der Waals surface area contributed by atoms with Crippen LogP contribution in [0.4, 0.5) is 10.1 Å². The first kappa shape index (κ1) is 21.1. The van der Waals surface area contributed by atoms with Gasteiger partial charge in [-0.15, -0.1) is 11.3 Å². The summed E-state index contributed by atoms with van der Waals surface area (Å²) in [5.41, 5.74) is 1.80. The van der Waals surface area contributed by atoms with Crippen LogP contribution in [0, 0.1) is 5.82 Å². The second kappa shape index (κ2) is 8.91. The first-order valence-electron chi connectivity index (χ1n) is 9.33. The van der Waals surface area contributed by atoms with Crippen LogP contribution in [0.15, 0.2) is 63.9 Å². The molecule has 4 aromatic rings. The molecule has 0 bridgehead atoms. The fourth-order valence-electron chi connectivity index (χ4n) is 2.97. The van der Waals surface area contributed by atoms with Gasteiger partial charge in [-0.2, -0.15) is 0 Å². The molecular formula is C22H18FN3O3S2. The molecule has 2 N–H and O–H groups in total. The largest absolute Gasteiger partial charge is 0.497 e. The molecule has 2 aromatic carbocycles. The van der Waals surface area contributed by atoms with Crippen molar-refractivity contribution in [2.24, 2.45) is 0 Å². The molecule has 1 unspecified atom stereocenters. The number of ether oxygens (including phenoxy) is 1. The Morgan fingerprint density at radius 3 is 2.58 bits per heavy atom. The van der Waals surface area contributed by atoms with E-state index in [1.165, 1.54) is 35.2 Å². The van der Waals surface area contributed by atoms with Gasteiger partial charge < -0.3 is 15.0 Å². The highest BCUT2D eigenvalue weighted by Crippen LogP contribution is 2.32. The number of fused-ring (bicyclic) bond motifs is 1. The molecule has 1 atom stereocenters. The molecule has 0 saturated heterocycles. The minimum absolute atomic E-state index is 0.212. The summed E-state index contributed by atoms with van der Waals surface area (Å²) in [6.07, 6.45) is 0. The Hall–Kier alpha value is -3.17. The summed E-state index contributed by atoms with van der Waals surface area (Å²) in [4.78, 5) is 33.1. The van der Waals surface area contributed by atoms with Crippen molar-refractivity contribution in [1.82, 2.24) is 9.97 Å². The van der Waals surface area contributed by atoms with E-state index in [1.807, 2.05) is 5.38 Å². The summed E-state index contributed by atoms with van der Waals surface area (Å²) in [6.45, 7) is 1.74. The number of carbonyl (C=O) groups is 1. The van der Waals surface area contributed by atoms with Crippen molar-refractivity contribution in [2.45, 2.75) is 17.3 Å². The number of hydrogen-bond donors (Lipinski definition) is 2. The summed E-state index contributed by atoms with van der Waals surface area (Å²) >= 11 is 2.50. The fraction of sp³-hybridized carbons (Fsp3) is 0.136. The third-order valence-electron chi connectivity index (χ3n) is 4.59. The first-order chi connectivity index (χ1) is 14.9. The molecule has 0 aliphatic rings. The molecule has 0 spiro atoms. The summed E-state index contributed by atoms with van der Waals surface area (Å²) in [7, 11) is 1.58. The molecule has 2 aromatic heterocycles. The van der Waals surface area contributed by atoms with Crippen LogP contribution in [0.25, 0.3) is 21.3 Å². The number of aromatic nitrogens is 2. The molecule has 31 heavy (non-hydrogen) atoms. The highest BCUT2D eigenvalue weighted by molar-refractivity contribution is 8.00. The van der Waals surface area contributed by atoms with Crippen molar-refractivity contribution >= 4 is 44.9 Å². The predicted molar refractivity (Wildman–Crippen MR) is 123 cm³/mol. The maximum atomic E-state index is 13.2. The zero-order valence-corrected chi connectivity index (χ0v) is 18.3. The van der Waals surface area contributed by atoms with Gasteiger partial charge in [-0.1, -0.05) is 23.9 Å². The maximum Gasteiger partial charge on any atom is 0.260 e. The number of nitrogens with one attached hydrogen (secondary N) is 2. The zero-order chi connectivity index (χ0) is 22.0. The van der Waals surface area contributed by atoms with Crippen molar-refractivity contribution in [1.29, 1.82) is 0 Å². The van der Waals surface area contributed by atoms with Gasteiger partial charge in [-0.05, 0) is 48.9 Å². The average Bonchev–Trinajstić information content (AvgIpc) is 3.19. The van der Waals surface area contributed by atoms with Crippen LogP contribution < -0.4 is 15.6 Å². The lowest BCUT2D eigenvalue weighted by molar-refractivity contribution is -0.115. The Morgan fingerprint density at radius 1 is 1.19 bits per heavy atom. The molecule has 0 aliphatic heterocycles. The minimum atomic E-state index is -0.487. The molecule has 6 nitrogen and oxygen atoms in total. The van der Waals surface area contributed by atoms with Crippen LogP contribution in [-0.2, 0) is 4.79 Å². The lowest BCUT2D eigenvalue weighted by Crippen LogP contribution is -2.23. The van der Waals surface area contributed by atoms with Crippen LogP contribution >= 0.6 is 23.1 Å². The fourth-order valence-corrected chi connectivity index (χ4v) is 4.77. The summed E-state index contributed by atoms with van der Waals surface area (Å²) in [5.74, 6) is 0.151. The second-order valence-electron chi connectivity index (χ2n) is 6.69. The number of amides is 1. The molecule has 0 radical (unpaired) electrons. The SMILES string of the molecule is COc1ccc(NC(=O)C(C)Sc2nc3scc(-c4ccc(F)cc4)c3c(=O)[nH]2)cc1. The third-order valence-corrected chi connectivity index (χ3v) is 6.45. The van der Waals surface area contributed by atoms with Crippen LogP contribution in [0.2, 0.25) is 0 Å². The van der Waals surface area contributed by atoms with Gasteiger partial charge in [-0.25, -0.2) is 9.37 Å². The second-order valence-corrected chi connectivity index (χ2v) is 8.87. The number of rotatable bonds is 6. The summed E-state index contributed by atoms with van der Waals surface area (Å²) in [6, 6.07) is 13.0. The molecule has 0 aliphatic carbocycles. The van der Waals surface area contributed by atoms with Crippen LogP contribution in [0.1, 0.15) is 6.92 Å².